The molecular weight excluding hydrogens is 258 g/mol. The zero-order valence-corrected chi connectivity index (χ0v) is 12.0. The van der Waals surface area contributed by atoms with Gasteiger partial charge in [0.15, 0.2) is 0 Å². The van der Waals surface area contributed by atoms with Crippen LogP contribution < -0.4 is 5.32 Å². The van der Waals surface area contributed by atoms with Gasteiger partial charge in [0.1, 0.15) is 5.75 Å². The summed E-state index contributed by atoms with van der Waals surface area (Å²) in [5, 5.41) is 21.7. The van der Waals surface area contributed by atoms with E-state index in [0.717, 1.165) is 5.56 Å². The van der Waals surface area contributed by atoms with E-state index in [0.29, 0.717) is 11.3 Å². The zero-order chi connectivity index (χ0) is 15.2. The molecule has 1 aromatic carbocycles. The Hall–Kier alpha value is -2.04. The van der Waals surface area contributed by atoms with Gasteiger partial charge in [-0.05, 0) is 30.9 Å². The lowest BCUT2D eigenvalue weighted by atomic mass is 10.1. The Balaban J connectivity index is 2.18. The molecule has 0 heterocycles. The van der Waals surface area contributed by atoms with E-state index in [1.165, 1.54) is 0 Å². The average molecular weight is 277 g/mol. The molecule has 5 nitrogen and oxygen atoms in total. The van der Waals surface area contributed by atoms with Crippen LogP contribution in [0.1, 0.15) is 25.0 Å². The van der Waals surface area contributed by atoms with Crippen LogP contribution in [0.3, 0.4) is 0 Å². The smallest absolute Gasteiger partial charge is 0.307 e. The molecule has 0 aromatic heterocycles. The van der Waals surface area contributed by atoms with Crippen LogP contribution in [-0.4, -0.2) is 22.1 Å². The third-order valence-electron chi connectivity index (χ3n) is 4.27. The number of amides is 1. The van der Waals surface area contributed by atoms with Crippen LogP contribution in [-0.2, 0) is 9.59 Å². The van der Waals surface area contributed by atoms with Crippen LogP contribution in [0, 0.1) is 31.1 Å². The number of carbonyl (C=O) groups excluding carboxylic acids is 1. The maximum absolute atomic E-state index is 12.2. The highest BCUT2D eigenvalue weighted by atomic mass is 16.4. The molecule has 1 saturated carbocycles. The summed E-state index contributed by atoms with van der Waals surface area (Å²) in [6, 6.07) is 3.43. The van der Waals surface area contributed by atoms with Gasteiger partial charge in [0, 0.05) is 11.3 Å². The second-order valence-corrected chi connectivity index (χ2v) is 6.01. The molecule has 5 heteroatoms. The minimum atomic E-state index is -0.946. The fourth-order valence-electron chi connectivity index (χ4n) is 2.77. The van der Waals surface area contributed by atoms with E-state index in [9.17, 15) is 14.7 Å². The summed E-state index contributed by atoms with van der Waals surface area (Å²) in [6.07, 6.45) is 0. The number of phenols is 1. The first-order chi connectivity index (χ1) is 9.17. The molecule has 0 bridgehead atoms. The highest BCUT2D eigenvalue weighted by Gasteiger charge is 2.65. The quantitative estimate of drug-likeness (QED) is 0.791. The molecule has 0 radical (unpaired) electrons. The fraction of sp³-hybridized carbons (Fsp3) is 0.467. The molecule has 0 spiro atoms. The van der Waals surface area contributed by atoms with Crippen molar-refractivity contribution in [2.24, 2.45) is 17.3 Å². The second kappa shape index (κ2) is 4.51. The summed E-state index contributed by atoms with van der Waals surface area (Å²) in [5.41, 5.74) is 1.31. The van der Waals surface area contributed by atoms with E-state index in [2.05, 4.69) is 5.32 Å². The van der Waals surface area contributed by atoms with Gasteiger partial charge in [0.2, 0.25) is 5.91 Å². The maximum Gasteiger partial charge on any atom is 0.307 e. The maximum atomic E-state index is 12.2. The highest BCUT2D eigenvalue weighted by molar-refractivity contribution is 6.00. The Labute approximate surface area is 117 Å². The van der Waals surface area contributed by atoms with E-state index in [4.69, 9.17) is 5.11 Å². The first kappa shape index (κ1) is 14.4. The number of aromatic hydroxyl groups is 1. The predicted molar refractivity (Wildman–Crippen MR) is 74.6 cm³/mol. The molecule has 2 rings (SSSR count). The summed E-state index contributed by atoms with van der Waals surface area (Å²) in [6.45, 7) is 7.04. The van der Waals surface area contributed by atoms with Crippen molar-refractivity contribution >= 4 is 17.6 Å². The topological polar surface area (TPSA) is 86.6 Å². The lowest BCUT2D eigenvalue weighted by Gasteiger charge is -2.11. The van der Waals surface area contributed by atoms with Gasteiger partial charge in [-0.25, -0.2) is 0 Å². The molecule has 1 fully saturated rings. The Morgan fingerprint density at radius 1 is 1.20 bits per heavy atom. The number of carboxylic acids is 1. The first-order valence-corrected chi connectivity index (χ1v) is 6.50. The summed E-state index contributed by atoms with van der Waals surface area (Å²) >= 11 is 0. The lowest BCUT2D eigenvalue weighted by Crippen LogP contribution is -2.18. The van der Waals surface area contributed by atoms with Gasteiger partial charge in [-0.15, -0.1) is 0 Å². The molecule has 0 aliphatic heterocycles. The summed E-state index contributed by atoms with van der Waals surface area (Å²) in [4.78, 5) is 23.3. The third-order valence-corrected chi connectivity index (χ3v) is 4.27. The molecule has 1 aliphatic carbocycles. The Kier molecular flexibility index (Phi) is 3.24. The standard InChI is InChI=1S/C15H19NO4/c1-7-5-6-9(8(2)12(7)17)16-13(18)10-11(14(19)20)15(10,3)4/h5-6,10-11,17H,1-4H3,(H,16,18)(H,19,20)/t10-,11+/m0/s1. The molecule has 108 valence electrons. The molecule has 1 aliphatic rings. The SMILES string of the molecule is Cc1ccc(NC(=O)[C@@H]2[C@H](C(=O)O)C2(C)C)c(C)c1O. The summed E-state index contributed by atoms with van der Waals surface area (Å²) < 4.78 is 0. The van der Waals surface area contributed by atoms with Crippen molar-refractivity contribution in [2.45, 2.75) is 27.7 Å². The van der Waals surface area contributed by atoms with Crippen molar-refractivity contribution in [3.05, 3.63) is 23.3 Å². The van der Waals surface area contributed by atoms with Crippen molar-refractivity contribution in [1.82, 2.24) is 0 Å². The number of aliphatic carboxylic acids is 1. The predicted octanol–water partition coefficient (Wildman–Crippen LogP) is 2.30. The number of benzene rings is 1. The molecular formula is C15H19NO4. The number of anilines is 1. The van der Waals surface area contributed by atoms with Gasteiger partial charge in [-0.2, -0.15) is 0 Å². The average Bonchev–Trinajstić information content (AvgIpc) is 2.93. The molecule has 3 N–H and O–H groups in total. The molecule has 0 saturated heterocycles. The van der Waals surface area contributed by atoms with Gasteiger partial charge in [-0.3, -0.25) is 9.59 Å². The van der Waals surface area contributed by atoms with E-state index >= 15 is 0 Å². The highest BCUT2D eigenvalue weighted by Crippen LogP contribution is 2.58. The van der Waals surface area contributed by atoms with Crippen LogP contribution >= 0.6 is 0 Å². The van der Waals surface area contributed by atoms with Crippen LogP contribution in [0.4, 0.5) is 5.69 Å². The molecule has 2 atom stereocenters. The van der Waals surface area contributed by atoms with Gasteiger partial charge < -0.3 is 15.5 Å². The third kappa shape index (κ3) is 2.13. The fourth-order valence-corrected chi connectivity index (χ4v) is 2.77. The van der Waals surface area contributed by atoms with Crippen molar-refractivity contribution in [1.29, 1.82) is 0 Å². The number of aryl methyl sites for hydroxylation is 1. The minimum Gasteiger partial charge on any atom is -0.507 e. The van der Waals surface area contributed by atoms with Crippen molar-refractivity contribution in [3.63, 3.8) is 0 Å². The van der Waals surface area contributed by atoms with Gasteiger partial charge >= 0.3 is 5.97 Å². The second-order valence-electron chi connectivity index (χ2n) is 6.01. The van der Waals surface area contributed by atoms with Crippen molar-refractivity contribution in [2.75, 3.05) is 5.32 Å². The van der Waals surface area contributed by atoms with E-state index in [1.54, 1.807) is 39.8 Å². The largest absolute Gasteiger partial charge is 0.507 e. The van der Waals surface area contributed by atoms with Crippen LogP contribution in [0.15, 0.2) is 12.1 Å². The van der Waals surface area contributed by atoms with E-state index in [-0.39, 0.29) is 11.7 Å². The van der Waals surface area contributed by atoms with Gasteiger partial charge in [0.25, 0.3) is 0 Å². The van der Waals surface area contributed by atoms with Crippen molar-refractivity contribution < 1.29 is 19.8 Å². The zero-order valence-electron chi connectivity index (χ0n) is 12.0. The Morgan fingerprint density at radius 3 is 2.30 bits per heavy atom. The minimum absolute atomic E-state index is 0.146. The number of rotatable bonds is 3. The van der Waals surface area contributed by atoms with Crippen LogP contribution in [0.25, 0.3) is 0 Å². The van der Waals surface area contributed by atoms with E-state index in [1.807, 2.05) is 0 Å². The lowest BCUT2D eigenvalue weighted by molar-refractivity contribution is -0.140. The Morgan fingerprint density at radius 2 is 1.80 bits per heavy atom. The Bertz CT molecular complexity index is 592. The molecule has 20 heavy (non-hydrogen) atoms. The molecule has 0 unspecified atom stereocenters. The summed E-state index contributed by atoms with van der Waals surface area (Å²) in [5.74, 6) is -2.30. The van der Waals surface area contributed by atoms with Crippen LogP contribution in [0.5, 0.6) is 5.75 Å². The molecule has 1 aromatic rings. The van der Waals surface area contributed by atoms with Gasteiger partial charge in [-0.1, -0.05) is 19.9 Å². The molecule has 1 amide bonds. The number of nitrogens with one attached hydrogen (secondary N) is 1. The summed E-state index contributed by atoms with van der Waals surface area (Å²) in [7, 11) is 0. The van der Waals surface area contributed by atoms with Gasteiger partial charge in [0.05, 0.1) is 11.8 Å². The monoisotopic (exact) mass is 277 g/mol. The number of hydrogen-bond donors (Lipinski definition) is 3. The van der Waals surface area contributed by atoms with Crippen LogP contribution in [0.2, 0.25) is 0 Å². The van der Waals surface area contributed by atoms with E-state index < -0.39 is 23.2 Å². The number of phenolic OH excluding ortho intramolecular Hbond substituents is 1. The first-order valence-electron chi connectivity index (χ1n) is 6.50. The number of carbonyl (C=O) groups is 2. The van der Waals surface area contributed by atoms with Crippen molar-refractivity contribution in [3.8, 4) is 5.75 Å². The normalized spacial score (nSPS) is 23.2. The number of hydrogen-bond acceptors (Lipinski definition) is 3. The number of carboxylic acid groups (broad SMARTS) is 1.